The summed E-state index contributed by atoms with van der Waals surface area (Å²) in [6.45, 7) is 8.89. The lowest BCUT2D eigenvalue weighted by Crippen LogP contribution is -2.50. The Morgan fingerprint density at radius 1 is 1.45 bits per heavy atom. The first-order valence-electron chi connectivity index (χ1n) is 6.93. The van der Waals surface area contributed by atoms with Crippen molar-refractivity contribution in [3.8, 4) is 0 Å². The third kappa shape index (κ3) is 5.03. The third-order valence-corrected chi connectivity index (χ3v) is 4.76. The maximum atomic E-state index is 12.0. The van der Waals surface area contributed by atoms with E-state index in [1.54, 1.807) is 11.8 Å². The van der Waals surface area contributed by atoms with Gasteiger partial charge in [-0.25, -0.2) is 4.98 Å². The highest BCUT2D eigenvalue weighted by atomic mass is 32.2. The van der Waals surface area contributed by atoms with Crippen molar-refractivity contribution in [2.75, 3.05) is 18.9 Å². The third-order valence-electron chi connectivity index (χ3n) is 2.89. The predicted molar refractivity (Wildman–Crippen MR) is 83.3 cm³/mol. The van der Waals surface area contributed by atoms with Crippen LogP contribution in [-0.4, -0.2) is 39.8 Å². The van der Waals surface area contributed by atoms with Crippen LogP contribution in [0.1, 0.15) is 39.9 Å². The molecule has 7 heteroatoms. The number of rotatable bonds is 9. The predicted octanol–water partition coefficient (Wildman–Crippen LogP) is 2.51. The van der Waals surface area contributed by atoms with E-state index in [-0.39, 0.29) is 5.97 Å². The molecule has 0 aliphatic heterocycles. The maximum absolute atomic E-state index is 12.0. The summed E-state index contributed by atoms with van der Waals surface area (Å²) in [7, 11) is 0. The number of carbonyl (C=O) groups excluding carboxylic acids is 1. The molecule has 0 amide bonds. The molecule has 0 bridgehead atoms. The fraction of sp³-hybridized carbons (Fsp3) is 0.769. The average Bonchev–Trinajstić information content (AvgIpc) is 2.87. The van der Waals surface area contributed by atoms with Gasteiger partial charge in [-0.15, -0.1) is 0 Å². The van der Waals surface area contributed by atoms with Crippen LogP contribution in [0.15, 0.2) is 4.34 Å². The number of esters is 1. The average molecular weight is 317 g/mol. The number of aromatic nitrogens is 2. The molecule has 114 valence electrons. The van der Waals surface area contributed by atoms with Gasteiger partial charge in [0.2, 0.25) is 0 Å². The van der Waals surface area contributed by atoms with Crippen molar-refractivity contribution in [1.29, 1.82) is 0 Å². The molecule has 0 aliphatic carbocycles. The van der Waals surface area contributed by atoms with E-state index in [0.717, 1.165) is 28.9 Å². The lowest BCUT2D eigenvalue weighted by molar-refractivity contribution is -0.150. The van der Waals surface area contributed by atoms with Crippen LogP contribution in [0.2, 0.25) is 0 Å². The summed E-state index contributed by atoms with van der Waals surface area (Å²) in [5.41, 5.74) is -0.629. The number of likely N-dealkylation sites (N-methyl/N-ethyl adjacent to an activating group) is 1. The lowest BCUT2D eigenvalue weighted by atomic mass is 9.99. The Labute approximate surface area is 129 Å². The van der Waals surface area contributed by atoms with E-state index in [0.29, 0.717) is 13.0 Å². The zero-order chi connectivity index (χ0) is 15.0. The number of hydrogen-bond acceptors (Lipinski definition) is 7. The molecule has 0 aromatic carbocycles. The van der Waals surface area contributed by atoms with E-state index in [4.69, 9.17) is 4.74 Å². The molecule has 0 spiro atoms. The van der Waals surface area contributed by atoms with E-state index in [1.165, 1.54) is 11.5 Å². The van der Waals surface area contributed by atoms with Gasteiger partial charge < -0.3 is 10.1 Å². The Kier molecular flexibility index (Phi) is 7.47. The molecule has 20 heavy (non-hydrogen) atoms. The standard InChI is InChI=1S/C13H23N3O2S2/c1-5-10-15-12(20-16-10)19-9-8-13(4,14-6-2)11(17)18-7-3/h14H,5-9H2,1-4H3. The Balaban J connectivity index is 2.51. The topological polar surface area (TPSA) is 64.1 Å². The van der Waals surface area contributed by atoms with Gasteiger partial charge in [-0.2, -0.15) is 4.37 Å². The summed E-state index contributed by atoms with van der Waals surface area (Å²) in [6, 6.07) is 0. The monoisotopic (exact) mass is 317 g/mol. The van der Waals surface area contributed by atoms with Crippen molar-refractivity contribution in [1.82, 2.24) is 14.7 Å². The molecule has 1 unspecified atom stereocenters. The van der Waals surface area contributed by atoms with Gasteiger partial charge >= 0.3 is 5.97 Å². The van der Waals surface area contributed by atoms with Crippen LogP contribution in [0.25, 0.3) is 0 Å². The largest absolute Gasteiger partial charge is 0.465 e. The Bertz CT molecular complexity index is 426. The summed E-state index contributed by atoms with van der Waals surface area (Å²) in [4.78, 5) is 16.4. The first kappa shape index (κ1) is 17.4. The van der Waals surface area contributed by atoms with Crippen LogP contribution < -0.4 is 5.32 Å². The molecule has 1 N–H and O–H groups in total. The van der Waals surface area contributed by atoms with Crippen molar-refractivity contribution in [3.63, 3.8) is 0 Å². The van der Waals surface area contributed by atoms with E-state index in [2.05, 4.69) is 14.7 Å². The number of nitrogens with one attached hydrogen (secondary N) is 1. The molecule has 0 radical (unpaired) electrons. The van der Waals surface area contributed by atoms with Gasteiger partial charge in [0.25, 0.3) is 0 Å². The number of ether oxygens (including phenoxy) is 1. The highest BCUT2D eigenvalue weighted by molar-refractivity contribution is 8.00. The highest BCUT2D eigenvalue weighted by Crippen LogP contribution is 2.24. The summed E-state index contributed by atoms with van der Waals surface area (Å²) in [5, 5.41) is 3.23. The lowest BCUT2D eigenvalue weighted by Gasteiger charge is -2.27. The second-order valence-corrected chi connectivity index (χ2v) is 6.61. The minimum absolute atomic E-state index is 0.186. The number of thioether (sulfide) groups is 1. The number of carbonyl (C=O) groups is 1. The molecule has 1 atom stereocenters. The quantitative estimate of drug-likeness (QED) is 0.558. The molecule has 5 nitrogen and oxygen atoms in total. The van der Waals surface area contributed by atoms with Crippen LogP contribution in [0.4, 0.5) is 0 Å². The summed E-state index contributed by atoms with van der Waals surface area (Å²) >= 11 is 3.06. The van der Waals surface area contributed by atoms with Crippen LogP contribution in [0.3, 0.4) is 0 Å². The van der Waals surface area contributed by atoms with Gasteiger partial charge in [-0.1, -0.05) is 25.6 Å². The maximum Gasteiger partial charge on any atom is 0.326 e. The Hall–Kier alpha value is -0.660. The zero-order valence-corrected chi connectivity index (χ0v) is 14.2. The highest BCUT2D eigenvalue weighted by Gasteiger charge is 2.33. The van der Waals surface area contributed by atoms with E-state index < -0.39 is 5.54 Å². The van der Waals surface area contributed by atoms with E-state index in [9.17, 15) is 4.79 Å². The summed E-state index contributed by atoms with van der Waals surface area (Å²) in [6.07, 6.45) is 1.56. The Morgan fingerprint density at radius 3 is 2.75 bits per heavy atom. The normalized spacial score (nSPS) is 14.0. The molecule has 1 heterocycles. The molecule has 0 fully saturated rings. The second kappa shape index (κ2) is 8.59. The molecular formula is C13H23N3O2S2. The molecular weight excluding hydrogens is 294 g/mol. The van der Waals surface area contributed by atoms with Crippen LogP contribution in [0.5, 0.6) is 0 Å². The van der Waals surface area contributed by atoms with E-state index >= 15 is 0 Å². The second-order valence-electron chi connectivity index (χ2n) is 4.51. The zero-order valence-electron chi connectivity index (χ0n) is 12.6. The fourth-order valence-electron chi connectivity index (χ4n) is 1.73. The van der Waals surface area contributed by atoms with Crippen molar-refractivity contribution in [3.05, 3.63) is 5.82 Å². The van der Waals surface area contributed by atoms with E-state index in [1.807, 2.05) is 27.7 Å². The SMILES string of the molecule is CCNC(C)(CCSc1nc(CC)ns1)C(=O)OCC. The molecule has 1 aromatic rings. The fourth-order valence-corrected chi connectivity index (χ4v) is 3.65. The smallest absolute Gasteiger partial charge is 0.326 e. The van der Waals surface area contributed by atoms with Gasteiger partial charge in [0.1, 0.15) is 11.4 Å². The molecule has 0 saturated heterocycles. The number of aryl methyl sites for hydroxylation is 1. The first-order valence-corrected chi connectivity index (χ1v) is 8.69. The van der Waals surface area contributed by atoms with Gasteiger partial charge in [0, 0.05) is 12.2 Å². The molecule has 1 aromatic heterocycles. The van der Waals surface area contributed by atoms with Crippen molar-refractivity contribution >= 4 is 29.3 Å². The van der Waals surface area contributed by atoms with Gasteiger partial charge in [0.15, 0.2) is 4.34 Å². The van der Waals surface area contributed by atoms with Crippen molar-refractivity contribution in [2.45, 2.75) is 50.4 Å². The van der Waals surface area contributed by atoms with Crippen LogP contribution >= 0.6 is 23.3 Å². The van der Waals surface area contributed by atoms with Gasteiger partial charge in [0.05, 0.1) is 6.61 Å². The molecule has 0 saturated carbocycles. The molecule has 1 rings (SSSR count). The number of nitrogens with zero attached hydrogens (tertiary/aromatic N) is 2. The minimum Gasteiger partial charge on any atom is -0.465 e. The van der Waals surface area contributed by atoms with Crippen molar-refractivity contribution in [2.24, 2.45) is 0 Å². The summed E-state index contributed by atoms with van der Waals surface area (Å²) in [5.74, 6) is 1.51. The van der Waals surface area contributed by atoms with Gasteiger partial charge in [-0.05, 0) is 38.3 Å². The number of hydrogen-bond donors (Lipinski definition) is 1. The minimum atomic E-state index is -0.629. The summed E-state index contributed by atoms with van der Waals surface area (Å²) < 4.78 is 10.4. The van der Waals surface area contributed by atoms with Crippen LogP contribution in [0, 0.1) is 0 Å². The van der Waals surface area contributed by atoms with Crippen molar-refractivity contribution < 1.29 is 9.53 Å². The Morgan fingerprint density at radius 2 is 2.20 bits per heavy atom. The molecule has 0 aliphatic rings. The first-order chi connectivity index (χ1) is 9.55. The van der Waals surface area contributed by atoms with Crippen LogP contribution in [-0.2, 0) is 16.0 Å². The van der Waals surface area contributed by atoms with Gasteiger partial charge in [-0.3, -0.25) is 4.79 Å².